The fourth-order valence-corrected chi connectivity index (χ4v) is 2.74. The molecule has 1 heterocycles. The molecule has 0 unspecified atom stereocenters. The topological polar surface area (TPSA) is 61.4 Å². The summed E-state index contributed by atoms with van der Waals surface area (Å²) in [5, 5.41) is 0. The summed E-state index contributed by atoms with van der Waals surface area (Å²) in [5.74, 6) is -0.351. The van der Waals surface area contributed by atoms with E-state index in [0.717, 1.165) is 9.47 Å². The summed E-state index contributed by atoms with van der Waals surface area (Å²) < 4.78 is 0.857. The van der Waals surface area contributed by atoms with Gasteiger partial charge in [0.2, 0.25) is 0 Å². The number of anilines is 1. The number of nitrogens with zero attached hydrogens (tertiary/aromatic N) is 1. The Kier molecular flexibility index (Phi) is 4.75. The minimum Gasteiger partial charge on any atom is -0.296 e. The minimum atomic E-state index is -0.417. The van der Waals surface area contributed by atoms with Gasteiger partial charge in [-0.05, 0) is 40.2 Å². The zero-order valence-corrected chi connectivity index (χ0v) is 13.0. The van der Waals surface area contributed by atoms with E-state index in [1.165, 1.54) is 16.2 Å². The normalized spacial score (nSPS) is 9.90. The Morgan fingerprint density at radius 3 is 2.40 bits per heavy atom. The molecule has 0 atom stereocenters. The average Bonchev–Trinajstić information content (AvgIpc) is 2.91. The zero-order valence-electron chi connectivity index (χ0n) is 10.6. The molecule has 2 N–H and O–H groups in total. The highest BCUT2D eigenvalue weighted by molar-refractivity contribution is 9.11. The summed E-state index contributed by atoms with van der Waals surface area (Å²) in [6.45, 7) is 0. The largest absolute Gasteiger partial charge is 0.340 e. The number of hydrazine groups is 1. The van der Waals surface area contributed by atoms with E-state index in [-0.39, 0.29) is 5.91 Å². The number of hydrogen-bond donors (Lipinski definition) is 2. The summed E-state index contributed by atoms with van der Waals surface area (Å²) in [6, 6.07) is 12.2. The number of benzene rings is 1. The monoisotopic (exact) mass is 353 g/mol. The van der Waals surface area contributed by atoms with Crippen LogP contribution >= 0.6 is 27.3 Å². The zero-order chi connectivity index (χ0) is 14.5. The van der Waals surface area contributed by atoms with E-state index in [0.29, 0.717) is 4.88 Å². The predicted molar refractivity (Wildman–Crippen MR) is 82.9 cm³/mol. The van der Waals surface area contributed by atoms with Gasteiger partial charge in [0.15, 0.2) is 0 Å². The molecule has 0 aliphatic rings. The van der Waals surface area contributed by atoms with Crippen molar-refractivity contribution < 1.29 is 9.59 Å². The SMILES string of the molecule is CN(C(=O)NNC(=O)c1ccc(Br)s1)c1ccccc1. The van der Waals surface area contributed by atoms with Gasteiger partial charge in [0.05, 0.1) is 8.66 Å². The number of thiophene rings is 1. The summed E-state index contributed by atoms with van der Waals surface area (Å²) in [4.78, 5) is 25.6. The van der Waals surface area contributed by atoms with Crippen molar-refractivity contribution in [3.63, 3.8) is 0 Å². The fourth-order valence-electron chi connectivity index (χ4n) is 1.46. The second kappa shape index (κ2) is 6.53. The first-order valence-electron chi connectivity index (χ1n) is 5.72. The predicted octanol–water partition coefficient (Wildman–Crippen LogP) is 3.00. The molecule has 0 radical (unpaired) electrons. The lowest BCUT2D eigenvalue weighted by Crippen LogP contribution is -2.47. The molecule has 0 saturated heterocycles. The Hall–Kier alpha value is -1.86. The van der Waals surface area contributed by atoms with Crippen molar-refractivity contribution in [3.05, 3.63) is 51.1 Å². The maximum atomic E-state index is 11.9. The Balaban J connectivity index is 1.91. The molecule has 7 heteroatoms. The fraction of sp³-hybridized carbons (Fsp3) is 0.0769. The minimum absolute atomic E-state index is 0.351. The van der Waals surface area contributed by atoms with Gasteiger partial charge < -0.3 is 0 Å². The van der Waals surface area contributed by atoms with Gasteiger partial charge in [-0.15, -0.1) is 11.3 Å². The van der Waals surface area contributed by atoms with Crippen molar-refractivity contribution in [2.24, 2.45) is 0 Å². The van der Waals surface area contributed by atoms with Crippen LogP contribution in [0, 0.1) is 0 Å². The standard InChI is InChI=1S/C13H12BrN3O2S/c1-17(9-5-3-2-4-6-9)13(19)16-15-12(18)10-7-8-11(14)20-10/h2-8H,1H3,(H,15,18)(H,16,19). The van der Waals surface area contributed by atoms with Crippen molar-refractivity contribution in [2.75, 3.05) is 11.9 Å². The highest BCUT2D eigenvalue weighted by Crippen LogP contribution is 2.21. The van der Waals surface area contributed by atoms with Crippen molar-refractivity contribution in [1.29, 1.82) is 0 Å². The van der Waals surface area contributed by atoms with Gasteiger partial charge in [-0.2, -0.15) is 0 Å². The lowest BCUT2D eigenvalue weighted by molar-refractivity contribution is 0.0941. The lowest BCUT2D eigenvalue weighted by Gasteiger charge is -2.17. The van der Waals surface area contributed by atoms with E-state index in [1.54, 1.807) is 31.3 Å². The first-order valence-corrected chi connectivity index (χ1v) is 7.33. The van der Waals surface area contributed by atoms with Crippen LogP contribution in [0.5, 0.6) is 0 Å². The Morgan fingerprint density at radius 1 is 1.10 bits per heavy atom. The molecule has 0 bridgehead atoms. The van der Waals surface area contributed by atoms with Crippen molar-refractivity contribution >= 4 is 44.9 Å². The molecule has 1 aromatic carbocycles. The number of amides is 3. The van der Waals surface area contributed by atoms with E-state index in [1.807, 2.05) is 18.2 Å². The van der Waals surface area contributed by atoms with Gasteiger partial charge in [0.25, 0.3) is 5.91 Å². The molecule has 0 saturated carbocycles. The third-order valence-electron chi connectivity index (χ3n) is 2.53. The summed E-state index contributed by atoms with van der Waals surface area (Å²) >= 11 is 4.57. The first-order chi connectivity index (χ1) is 9.58. The number of para-hydroxylation sites is 1. The molecule has 0 fully saturated rings. The third-order valence-corrected chi connectivity index (χ3v) is 4.15. The quantitative estimate of drug-likeness (QED) is 0.815. The molecule has 0 aliphatic carbocycles. The van der Waals surface area contributed by atoms with Crippen LogP contribution in [0.15, 0.2) is 46.3 Å². The van der Waals surface area contributed by atoms with Gasteiger partial charge in [0, 0.05) is 12.7 Å². The molecule has 0 spiro atoms. The Morgan fingerprint density at radius 2 is 1.80 bits per heavy atom. The van der Waals surface area contributed by atoms with Gasteiger partial charge in [-0.3, -0.25) is 15.1 Å². The van der Waals surface area contributed by atoms with E-state index in [4.69, 9.17) is 0 Å². The van der Waals surface area contributed by atoms with Crippen LogP contribution in [0.25, 0.3) is 0 Å². The molecule has 104 valence electrons. The molecule has 5 nitrogen and oxygen atoms in total. The van der Waals surface area contributed by atoms with Gasteiger partial charge in [-0.1, -0.05) is 18.2 Å². The van der Waals surface area contributed by atoms with E-state index >= 15 is 0 Å². The summed E-state index contributed by atoms with van der Waals surface area (Å²) in [5.41, 5.74) is 5.47. The molecule has 1 aromatic heterocycles. The summed E-state index contributed by atoms with van der Waals surface area (Å²) in [6.07, 6.45) is 0. The van der Waals surface area contributed by atoms with Crippen LogP contribution in [0.4, 0.5) is 10.5 Å². The van der Waals surface area contributed by atoms with Gasteiger partial charge in [0.1, 0.15) is 0 Å². The van der Waals surface area contributed by atoms with Crippen LogP contribution < -0.4 is 15.8 Å². The van der Waals surface area contributed by atoms with Crippen LogP contribution in [-0.2, 0) is 0 Å². The molecule has 3 amide bonds. The number of carbonyl (C=O) groups is 2. The number of carbonyl (C=O) groups excluding carboxylic acids is 2. The highest BCUT2D eigenvalue weighted by Gasteiger charge is 2.13. The first kappa shape index (κ1) is 14.5. The molecule has 2 aromatic rings. The van der Waals surface area contributed by atoms with Crippen molar-refractivity contribution in [3.8, 4) is 0 Å². The number of halogens is 1. The smallest absolute Gasteiger partial charge is 0.296 e. The summed E-state index contributed by atoms with van der Waals surface area (Å²) in [7, 11) is 1.62. The van der Waals surface area contributed by atoms with Gasteiger partial charge >= 0.3 is 6.03 Å². The maximum Gasteiger partial charge on any atom is 0.340 e. The Bertz CT molecular complexity index is 615. The highest BCUT2D eigenvalue weighted by atomic mass is 79.9. The number of urea groups is 1. The molecular weight excluding hydrogens is 342 g/mol. The maximum absolute atomic E-state index is 11.9. The average molecular weight is 354 g/mol. The van der Waals surface area contributed by atoms with E-state index < -0.39 is 6.03 Å². The van der Waals surface area contributed by atoms with Crippen molar-refractivity contribution in [1.82, 2.24) is 10.9 Å². The number of nitrogens with one attached hydrogen (secondary N) is 2. The molecule has 2 rings (SSSR count). The number of rotatable bonds is 2. The van der Waals surface area contributed by atoms with Crippen LogP contribution in [0.2, 0.25) is 0 Å². The van der Waals surface area contributed by atoms with Gasteiger partial charge in [-0.25, -0.2) is 10.2 Å². The molecular formula is C13H12BrN3O2S. The second-order valence-electron chi connectivity index (χ2n) is 3.88. The second-order valence-corrected chi connectivity index (χ2v) is 6.35. The number of hydrogen-bond acceptors (Lipinski definition) is 3. The third kappa shape index (κ3) is 3.58. The lowest BCUT2D eigenvalue weighted by atomic mass is 10.3. The molecule has 20 heavy (non-hydrogen) atoms. The molecule has 0 aliphatic heterocycles. The van der Waals surface area contributed by atoms with Crippen LogP contribution in [-0.4, -0.2) is 19.0 Å². The van der Waals surface area contributed by atoms with Crippen molar-refractivity contribution in [2.45, 2.75) is 0 Å². The van der Waals surface area contributed by atoms with E-state index in [2.05, 4.69) is 26.8 Å². The van der Waals surface area contributed by atoms with E-state index in [9.17, 15) is 9.59 Å². The van der Waals surface area contributed by atoms with Crippen LogP contribution in [0.1, 0.15) is 9.67 Å². The Labute approximate surface area is 128 Å². The van der Waals surface area contributed by atoms with Crippen LogP contribution in [0.3, 0.4) is 0 Å².